The van der Waals surface area contributed by atoms with Gasteiger partial charge in [0.05, 0.1) is 11.0 Å². The van der Waals surface area contributed by atoms with Crippen molar-refractivity contribution in [2.45, 2.75) is 32.7 Å². The van der Waals surface area contributed by atoms with Crippen LogP contribution in [0, 0.1) is 17.7 Å². The van der Waals surface area contributed by atoms with E-state index >= 15 is 0 Å². The number of nitrogen functional groups attached to an aromatic ring is 1. The van der Waals surface area contributed by atoms with Crippen LogP contribution in [-0.2, 0) is 6.54 Å². The Hall–Kier alpha value is -1.58. The Morgan fingerprint density at radius 3 is 3.00 bits per heavy atom. The van der Waals surface area contributed by atoms with Crippen molar-refractivity contribution in [3.05, 3.63) is 24.0 Å². The monoisotopic (exact) mass is 247 g/mol. The molecular weight excluding hydrogens is 229 g/mol. The van der Waals surface area contributed by atoms with Crippen LogP contribution in [0.25, 0.3) is 11.0 Å². The van der Waals surface area contributed by atoms with Gasteiger partial charge in [-0.15, -0.1) is 0 Å². The minimum atomic E-state index is -0.233. The number of halogens is 1. The summed E-state index contributed by atoms with van der Waals surface area (Å²) in [6.07, 6.45) is 3.80. The number of hydrogen-bond donors (Lipinski definition) is 1. The largest absolute Gasteiger partial charge is 0.369 e. The predicted molar refractivity (Wildman–Crippen MR) is 70.6 cm³/mol. The summed E-state index contributed by atoms with van der Waals surface area (Å²) in [5.41, 5.74) is 7.55. The van der Waals surface area contributed by atoms with E-state index in [0.717, 1.165) is 23.5 Å². The SMILES string of the molecule is CC1CCCC1Cn1c(N)nc2ccc(F)cc21. The Labute approximate surface area is 106 Å². The molecule has 0 aliphatic heterocycles. The maximum Gasteiger partial charge on any atom is 0.201 e. The Balaban J connectivity index is 1.99. The third-order valence-electron chi connectivity index (χ3n) is 4.20. The van der Waals surface area contributed by atoms with Crippen LogP contribution in [0.3, 0.4) is 0 Å². The topological polar surface area (TPSA) is 43.8 Å². The quantitative estimate of drug-likeness (QED) is 0.885. The zero-order chi connectivity index (χ0) is 12.7. The van der Waals surface area contributed by atoms with Gasteiger partial charge in [0.1, 0.15) is 5.82 Å². The molecule has 1 heterocycles. The Morgan fingerprint density at radius 1 is 1.44 bits per heavy atom. The first-order chi connectivity index (χ1) is 8.65. The summed E-state index contributed by atoms with van der Waals surface area (Å²) < 4.78 is 15.3. The highest BCUT2D eigenvalue weighted by Gasteiger charge is 2.25. The molecule has 3 nitrogen and oxygen atoms in total. The van der Waals surface area contributed by atoms with Crippen molar-refractivity contribution in [2.75, 3.05) is 5.73 Å². The van der Waals surface area contributed by atoms with Crippen LogP contribution < -0.4 is 5.73 Å². The van der Waals surface area contributed by atoms with Gasteiger partial charge >= 0.3 is 0 Å². The van der Waals surface area contributed by atoms with Gasteiger partial charge in [-0.25, -0.2) is 9.37 Å². The molecular formula is C14H18FN3. The molecule has 0 bridgehead atoms. The number of benzene rings is 1. The Bertz CT molecular complexity index is 576. The van der Waals surface area contributed by atoms with Crippen LogP contribution >= 0.6 is 0 Å². The molecule has 3 rings (SSSR count). The lowest BCUT2D eigenvalue weighted by atomic mass is 9.98. The minimum absolute atomic E-state index is 0.233. The first-order valence-corrected chi connectivity index (χ1v) is 6.56. The van der Waals surface area contributed by atoms with Crippen molar-refractivity contribution in [2.24, 2.45) is 11.8 Å². The molecule has 2 atom stereocenters. The summed E-state index contributed by atoms with van der Waals surface area (Å²) >= 11 is 0. The molecule has 0 saturated heterocycles. The van der Waals surface area contributed by atoms with E-state index < -0.39 is 0 Å². The molecule has 2 N–H and O–H groups in total. The van der Waals surface area contributed by atoms with Gasteiger partial charge in [0.15, 0.2) is 0 Å². The van der Waals surface area contributed by atoms with Crippen LogP contribution in [0.4, 0.5) is 10.3 Å². The zero-order valence-electron chi connectivity index (χ0n) is 10.6. The maximum absolute atomic E-state index is 13.3. The maximum atomic E-state index is 13.3. The van der Waals surface area contributed by atoms with Crippen LogP contribution in [0.2, 0.25) is 0 Å². The fraction of sp³-hybridized carbons (Fsp3) is 0.500. The van der Waals surface area contributed by atoms with E-state index in [2.05, 4.69) is 11.9 Å². The van der Waals surface area contributed by atoms with Crippen LogP contribution in [0.15, 0.2) is 18.2 Å². The van der Waals surface area contributed by atoms with E-state index in [1.165, 1.54) is 31.4 Å². The second-order valence-corrected chi connectivity index (χ2v) is 5.38. The van der Waals surface area contributed by atoms with Gasteiger partial charge in [-0.05, 0) is 36.5 Å². The van der Waals surface area contributed by atoms with Gasteiger partial charge in [0, 0.05) is 6.54 Å². The van der Waals surface area contributed by atoms with Gasteiger partial charge in [-0.3, -0.25) is 0 Å². The average Bonchev–Trinajstić information content (AvgIpc) is 2.86. The van der Waals surface area contributed by atoms with Gasteiger partial charge in [0.25, 0.3) is 0 Å². The van der Waals surface area contributed by atoms with E-state index in [1.54, 1.807) is 6.07 Å². The summed E-state index contributed by atoms with van der Waals surface area (Å²) in [5.74, 6) is 1.61. The number of hydrogen-bond acceptors (Lipinski definition) is 2. The van der Waals surface area contributed by atoms with Crippen molar-refractivity contribution in [1.82, 2.24) is 9.55 Å². The fourth-order valence-corrected chi connectivity index (χ4v) is 3.03. The van der Waals surface area contributed by atoms with Crippen LogP contribution in [0.5, 0.6) is 0 Å². The summed E-state index contributed by atoms with van der Waals surface area (Å²) in [6.45, 7) is 3.14. The second kappa shape index (κ2) is 4.26. The molecule has 1 aromatic heterocycles. The third-order valence-corrected chi connectivity index (χ3v) is 4.20. The Kier molecular flexibility index (Phi) is 2.73. The Morgan fingerprint density at radius 2 is 2.28 bits per heavy atom. The fourth-order valence-electron chi connectivity index (χ4n) is 3.03. The molecule has 96 valence electrons. The summed E-state index contributed by atoms with van der Waals surface area (Å²) in [6, 6.07) is 4.64. The van der Waals surface area contributed by atoms with Crippen molar-refractivity contribution >= 4 is 17.0 Å². The van der Waals surface area contributed by atoms with E-state index in [-0.39, 0.29) is 5.82 Å². The molecule has 0 spiro atoms. The van der Waals surface area contributed by atoms with Crippen LogP contribution in [0.1, 0.15) is 26.2 Å². The van der Waals surface area contributed by atoms with Gasteiger partial charge in [0.2, 0.25) is 5.95 Å². The third kappa shape index (κ3) is 1.85. The molecule has 0 radical (unpaired) electrons. The van der Waals surface area contributed by atoms with E-state index in [1.807, 2.05) is 4.57 Å². The lowest BCUT2D eigenvalue weighted by Crippen LogP contribution is -2.14. The van der Waals surface area contributed by atoms with Crippen molar-refractivity contribution < 1.29 is 4.39 Å². The summed E-state index contributed by atoms with van der Waals surface area (Å²) in [5, 5.41) is 0. The zero-order valence-corrected chi connectivity index (χ0v) is 10.6. The van der Waals surface area contributed by atoms with Crippen molar-refractivity contribution in [3.63, 3.8) is 0 Å². The smallest absolute Gasteiger partial charge is 0.201 e. The van der Waals surface area contributed by atoms with Gasteiger partial charge < -0.3 is 10.3 Å². The van der Waals surface area contributed by atoms with Crippen molar-refractivity contribution in [3.8, 4) is 0 Å². The summed E-state index contributed by atoms with van der Waals surface area (Å²) in [7, 11) is 0. The molecule has 1 saturated carbocycles. The number of fused-ring (bicyclic) bond motifs is 1. The van der Waals surface area contributed by atoms with E-state index in [0.29, 0.717) is 11.9 Å². The number of aromatic nitrogens is 2. The second-order valence-electron chi connectivity index (χ2n) is 5.38. The highest BCUT2D eigenvalue weighted by atomic mass is 19.1. The highest BCUT2D eigenvalue weighted by Crippen LogP contribution is 2.33. The standard InChI is InChI=1S/C14H18FN3/c1-9-3-2-4-10(9)8-18-13-7-11(15)5-6-12(13)17-14(18)16/h5-7,9-10H,2-4,8H2,1H3,(H2,16,17). The number of imidazole rings is 1. The lowest BCUT2D eigenvalue weighted by molar-refractivity contribution is 0.370. The molecule has 4 heteroatoms. The molecule has 1 aliphatic rings. The molecule has 0 amide bonds. The normalized spacial score (nSPS) is 23.9. The molecule has 1 fully saturated rings. The predicted octanol–water partition coefficient (Wildman–Crippen LogP) is 3.19. The van der Waals surface area contributed by atoms with Gasteiger partial charge in [-0.1, -0.05) is 19.8 Å². The molecule has 2 aromatic rings. The number of nitrogens with zero attached hydrogens (tertiary/aromatic N) is 2. The average molecular weight is 247 g/mol. The number of anilines is 1. The summed E-state index contributed by atoms with van der Waals surface area (Å²) in [4.78, 5) is 4.30. The van der Waals surface area contributed by atoms with Crippen LogP contribution in [-0.4, -0.2) is 9.55 Å². The number of nitrogens with two attached hydrogens (primary N) is 1. The molecule has 1 aromatic carbocycles. The van der Waals surface area contributed by atoms with Crippen molar-refractivity contribution in [1.29, 1.82) is 0 Å². The molecule has 2 unspecified atom stereocenters. The molecule has 1 aliphatic carbocycles. The lowest BCUT2D eigenvalue weighted by Gasteiger charge is -2.17. The highest BCUT2D eigenvalue weighted by molar-refractivity contribution is 5.78. The first kappa shape index (κ1) is 11.5. The van der Waals surface area contributed by atoms with Gasteiger partial charge in [-0.2, -0.15) is 0 Å². The van der Waals surface area contributed by atoms with E-state index in [4.69, 9.17) is 5.73 Å². The minimum Gasteiger partial charge on any atom is -0.369 e. The first-order valence-electron chi connectivity index (χ1n) is 6.56. The molecule has 18 heavy (non-hydrogen) atoms. The number of rotatable bonds is 2. The van der Waals surface area contributed by atoms with E-state index in [9.17, 15) is 4.39 Å².